The van der Waals surface area contributed by atoms with Crippen molar-refractivity contribution in [3.63, 3.8) is 0 Å². The molecular weight excluding hydrogens is 308 g/mol. The summed E-state index contributed by atoms with van der Waals surface area (Å²) in [7, 11) is 1.82. The number of anilines is 1. The number of oxazole rings is 1. The van der Waals surface area contributed by atoms with E-state index in [1.165, 1.54) is 0 Å². The lowest BCUT2D eigenvalue weighted by molar-refractivity contribution is 0.251. The Kier molecular flexibility index (Phi) is 3.96. The lowest BCUT2D eigenvalue weighted by Gasteiger charge is -2.11. The average molecular weight is 328 g/mol. The van der Waals surface area contributed by atoms with E-state index in [1.807, 2.05) is 27.8 Å². The van der Waals surface area contributed by atoms with E-state index in [-0.39, 0.29) is 11.4 Å². The molecule has 2 aromatic heterocycles. The third-order valence-electron chi connectivity index (χ3n) is 3.50. The predicted molar refractivity (Wildman–Crippen MR) is 89.6 cm³/mol. The number of hydrogen-bond acceptors (Lipinski definition) is 5. The number of carbonyl (C=O) groups is 1. The van der Waals surface area contributed by atoms with Gasteiger partial charge in [-0.1, -0.05) is 20.8 Å². The zero-order chi connectivity index (χ0) is 17.3. The van der Waals surface area contributed by atoms with Crippen LogP contribution in [-0.2, 0) is 19.0 Å². The summed E-state index contributed by atoms with van der Waals surface area (Å²) in [5.41, 5.74) is 1.89. The third kappa shape index (κ3) is 3.37. The summed E-state index contributed by atoms with van der Waals surface area (Å²) >= 11 is 0. The summed E-state index contributed by atoms with van der Waals surface area (Å²) in [6.07, 6.45) is 1.58. The fourth-order valence-electron chi connectivity index (χ4n) is 2.13. The predicted octanol–water partition coefficient (Wildman–Crippen LogP) is 2.58. The molecule has 0 unspecified atom stereocenters. The topological polar surface area (TPSA) is 97.9 Å². The molecule has 8 nitrogen and oxygen atoms in total. The lowest BCUT2D eigenvalue weighted by atomic mass is 9.97. The molecule has 0 fully saturated rings. The van der Waals surface area contributed by atoms with Gasteiger partial charge in [-0.15, -0.1) is 10.2 Å². The van der Waals surface area contributed by atoms with E-state index in [9.17, 15) is 4.79 Å². The standard InChI is InChI=1S/C16H20N6O2/c1-16(2,3)14-20-11-7-10(5-6-12(11)24-14)19-15(23)17-8-13-21-18-9-22(13)4/h5-7,9H,8H2,1-4H3,(H2,17,19,23). The first-order chi connectivity index (χ1) is 11.3. The maximum absolute atomic E-state index is 12.0. The zero-order valence-corrected chi connectivity index (χ0v) is 14.1. The monoisotopic (exact) mass is 328 g/mol. The number of nitrogens with one attached hydrogen (secondary N) is 2. The van der Waals surface area contributed by atoms with Gasteiger partial charge in [-0.05, 0) is 18.2 Å². The Morgan fingerprint density at radius 2 is 2.12 bits per heavy atom. The van der Waals surface area contributed by atoms with Gasteiger partial charge in [0.15, 0.2) is 11.4 Å². The highest BCUT2D eigenvalue weighted by Crippen LogP contribution is 2.27. The number of amides is 2. The van der Waals surface area contributed by atoms with E-state index in [4.69, 9.17) is 4.42 Å². The van der Waals surface area contributed by atoms with Gasteiger partial charge < -0.3 is 19.6 Å². The number of rotatable bonds is 3. The number of hydrogen-bond donors (Lipinski definition) is 2. The summed E-state index contributed by atoms with van der Waals surface area (Å²) in [4.78, 5) is 16.5. The van der Waals surface area contributed by atoms with Crippen LogP contribution >= 0.6 is 0 Å². The second-order valence-electron chi connectivity index (χ2n) is 6.62. The number of benzene rings is 1. The van der Waals surface area contributed by atoms with Gasteiger partial charge in [-0.3, -0.25) is 0 Å². The van der Waals surface area contributed by atoms with Crippen LogP contribution in [0.25, 0.3) is 11.1 Å². The molecule has 0 atom stereocenters. The minimum atomic E-state index is -0.322. The average Bonchev–Trinajstić information content (AvgIpc) is 3.10. The summed E-state index contributed by atoms with van der Waals surface area (Å²) in [5, 5.41) is 13.2. The molecule has 2 heterocycles. The molecule has 2 N–H and O–H groups in total. The molecular formula is C16H20N6O2. The van der Waals surface area contributed by atoms with Crippen LogP contribution in [0.4, 0.5) is 10.5 Å². The van der Waals surface area contributed by atoms with Crippen LogP contribution in [0.5, 0.6) is 0 Å². The number of aromatic nitrogens is 4. The largest absolute Gasteiger partial charge is 0.440 e. The van der Waals surface area contributed by atoms with Crippen molar-refractivity contribution in [3.05, 3.63) is 36.2 Å². The molecule has 0 saturated heterocycles. The number of aryl methyl sites for hydroxylation is 1. The Balaban J connectivity index is 1.68. The normalized spacial score (nSPS) is 11.7. The second kappa shape index (κ2) is 5.95. The fraction of sp³-hybridized carbons (Fsp3) is 0.375. The molecule has 0 bridgehead atoms. The highest BCUT2D eigenvalue weighted by Gasteiger charge is 2.21. The van der Waals surface area contributed by atoms with Crippen molar-refractivity contribution in [2.75, 3.05) is 5.32 Å². The molecule has 0 aliphatic carbocycles. The number of carbonyl (C=O) groups excluding carboxylic acids is 1. The number of nitrogens with zero attached hydrogens (tertiary/aromatic N) is 4. The number of urea groups is 1. The Labute approximate surface area is 139 Å². The molecule has 0 aliphatic heterocycles. The van der Waals surface area contributed by atoms with Crippen molar-refractivity contribution in [1.29, 1.82) is 0 Å². The maximum Gasteiger partial charge on any atom is 0.319 e. The Bertz CT molecular complexity index is 874. The molecule has 24 heavy (non-hydrogen) atoms. The van der Waals surface area contributed by atoms with Crippen molar-refractivity contribution < 1.29 is 9.21 Å². The van der Waals surface area contributed by atoms with E-state index >= 15 is 0 Å². The van der Waals surface area contributed by atoms with Gasteiger partial charge in [0.2, 0.25) is 5.89 Å². The molecule has 2 amide bonds. The molecule has 0 radical (unpaired) electrons. The van der Waals surface area contributed by atoms with Gasteiger partial charge in [-0.25, -0.2) is 9.78 Å². The molecule has 126 valence electrons. The van der Waals surface area contributed by atoms with E-state index in [2.05, 4.69) is 25.8 Å². The van der Waals surface area contributed by atoms with Crippen LogP contribution in [-0.4, -0.2) is 25.8 Å². The van der Waals surface area contributed by atoms with Crippen LogP contribution in [0, 0.1) is 0 Å². The lowest BCUT2D eigenvalue weighted by Crippen LogP contribution is -2.29. The van der Waals surface area contributed by atoms with E-state index < -0.39 is 0 Å². The van der Waals surface area contributed by atoms with Gasteiger partial charge in [0.25, 0.3) is 0 Å². The molecule has 3 aromatic rings. The van der Waals surface area contributed by atoms with Crippen molar-refractivity contribution in [1.82, 2.24) is 25.1 Å². The minimum Gasteiger partial charge on any atom is -0.440 e. The SMILES string of the molecule is Cn1cnnc1CNC(=O)Nc1ccc2oc(C(C)(C)C)nc2c1. The first kappa shape index (κ1) is 16.0. The maximum atomic E-state index is 12.0. The first-order valence-corrected chi connectivity index (χ1v) is 7.62. The Morgan fingerprint density at radius 3 is 2.79 bits per heavy atom. The van der Waals surface area contributed by atoms with Crippen molar-refractivity contribution >= 4 is 22.8 Å². The van der Waals surface area contributed by atoms with Crippen LogP contribution in [0.2, 0.25) is 0 Å². The molecule has 1 aromatic carbocycles. The molecule has 0 aliphatic rings. The van der Waals surface area contributed by atoms with E-state index in [1.54, 1.807) is 29.1 Å². The van der Waals surface area contributed by atoms with Gasteiger partial charge in [0.1, 0.15) is 11.8 Å². The Morgan fingerprint density at radius 1 is 1.33 bits per heavy atom. The van der Waals surface area contributed by atoms with Crippen LogP contribution < -0.4 is 10.6 Å². The van der Waals surface area contributed by atoms with Crippen molar-refractivity contribution in [2.24, 2.45) is 7.05 Å². The molecule has 0 saturated carbocycles. The number of fused-ring (bicyclic) bond motifs is 1. The van der Waals surface area contributed by atoms with Crippen LogP contribution in [0.3, 0.4) is 0 Å². The van der Waals surface area contributed by atoms with Crippen LogP contribution in [0.1, 0.15) is 32.5 Å². The third-order valence-corrected chi connectivity index (χ3v) is 3.50. The van der Waals surface area contributed by atoms with Crippen molar-refractivity contribution in [3.8, 4) is 0 Å². The Hall–Kier alpha value is -2.90. The summed E-state index contributed by atoms with van der Waals surface area (Å²) in [6, 6.07) is 5.05. The van der Waals surface area contributed by atoms with Gasteiger partial charge in [-0.2, -0.15) is 0 Å². The van der Waals surface area contributed by atoms with Gasteiger partial charge in [0.05, 0.1) is 6.54 Å². The highest BCUT2D eigenvalue weighted by molar-refractivity contribution is 5.91. The van der Waals surface area contributed by atoms with Crippen molar-refractivity contribution in [2.45, 2.75) is 32.7 Å². The summed E-state index contributed by atoms with van der Waals surface area (Å²) < 4.78 is 7.49. The van der Waals surface area contributed by atoms with E-state index in [0.29, 0.717) is 35.0 Å². The molecule has 8 heteroatoms. The van der Waals surface area contributed by atoms with Gasteiger partial charge in [0, 0.05) is 18.2 Å². The quantitative estimate of drug-likeness (QED) is 0.770. The van der Waals surface area contributed by atoms with E-state index in [0.717, 1.165) is 0 Å². The van der Waals surface area contributed by atoms with Gasteiger partial charge >= 0.3 is 6.03 Å². The minimum absolute atomic E-state index is 0.167. The first-order valence-electron chi connectivity index (χ1n) is 7.62. The summed E-state index contributed by atoms with van der Waals surface area (Å²) in [6.45, 7) is 6.41. The fourth-order valence-corrected chi connectivity index (χ4v) is 2.13. The second-order valence-corrected chi connectivity index (χ2v) is 6.62. The molecule has 3 rings (SSSR count). The summed E-state index contributed by atoms with van der Waals surface area (Å²) in [5.74, 6) is 1.34. The van der Waals surface area contributed by atoms with Crippen LogP contribution in [0.15, 0.2) is 28.9 Å². The highest BCUT2D eigenvalue weighted by atomic mass is 16.3. The molecule has 0 spiro atoms. The zero-order valence-electron chi connectivity index (χ0n) is 14.1. The smallest absolute Gasteiger partial charge is 0.319 e.